The minimum absolute atomic E-state index is 0.0624. The van der Waals surface area contributed by atoms with Crippen molar-refractivity contribution in [3.63, 3.8) is 0 Å². The molecule has 0 heterocycles. The van der Waals surface area contributed by atoms with E-state index in [-0.39, 0.29) is 11.4 Å². The highest BCUT2D eigenvalue weighted by Crippen LogP contribution is 2.37. The third kappa shape index (κ3) is 3.23. The Labute approximate surface area is 123 Å². The quantitative estimate of drug-likeness (QED) is 0.865. The summed E-state index contributed by atoms with van der Waals surface area (Å²) < 4.78 is 0. The van der Waals surface area contributed by atoms with Crippen molar-refractivity contribution in [3.05, 3.63) is 35.9 Å². The summed E-state index contributed by atoms with van der Waals surface area (Å²) in [4.78, 5) is 12.5. The van der Waals surface area contributed by atoms with Gasteiger partial charge in [-0.1, -0.05) is 51.3 Å². The van der Waals surface area contributed by atoms with Gasteiger partial charge in [-0.3, -0.25) is 4.79 Å². The maximum absolute atomic E-state index is 12.5. The van der Waals surface area contributed by atoms with E-state index in [0.29, 0.717) is 11.8 Å². The molecule has 1 N–H and O–H groups in total. The first kappa shape index (κ1) is 15.1. The molecule has 2 nitrogen and oxygen atoms in total. The molecule has 110 valence electrons. The van der Waals surface area contributed by atoms with Gasteiger partial charge in [0.05, 0.1) is 0 Å². The molecule has 0 unspecified atom stereocenters. The molecule has 1 fully saturated rings. The Morgan fingerprint density at radius 1 is 1.15 bits per heavy atom. The van der Waals surface area contributed by atoms with E-state index < -0.39 is 0 Å². The molecule has 0 saturated heterocycles. The van der Waals surface area contributed by atoms with Gasteiger partial charge in [0.25, 0.3) is 5.91 Å². The van der Waals surface area contributed by atoms with Gasteiger partial charge in [-0.2, -0.15) is 0 Å². The lowest BCUT2D eigenvalue weighted by molar-refractivity contribution is 0.0753. The van der Waals surface area contributed by atoms with E-state index in [9.17, 15) is 4.79 Å². The number of hydrogen-bond acceptors (Lipinski definition) is 1. The maximum Gasteiger partial charge on any atom is 0.251 e. The molecule has 1 aliphatic rings. The van der Waals surface area contributed by atoms with Crippen molar-refractivity contribution in [1.82, 2.24) is 5.32 Å². The van der Waals surface area contributed by atoms with Crippen molar-refractivity contribution >= 4 is 5.91 Å². The molecule has 1 aromatic rings. The highest BCUT2D eigenvalue weighted by atomic mass is 16.1. The fraction of sp³-hybridized carbons (Fsp3) is 0.611. The van der Waals surface area contributed by atoms with Crippen LogP contribution in [0.25, 0.3) is 0 Å². The molecule has 1 amide bonds. The molecule has 0 aliphatic heterocycles. The molecule has 1 aromatic carbocycles. The van der Waals surface area contributed by atoms with Gasteiger partial charge in [0, 0.05) is 11.1 Å². The minimum atomic E-state index is -0.104. The average molecular weight is 273 g/mol. The summed E-state index contributed by atoms with van der Waals surface area (Å²) >= 11 is 0. The predicted octanol–water partition coefficient (Wildman–Crippen LogP) is 4.41. The predicted molar refractivity (Wildman–Crippen MR) is 83.7 cm³/mol. The van der Waals surface area contributed by atoms with Crippen LogP contribution in [-0.2, 0) is 0 Å². The van der Waals surface area contributed by atoms with Crippen LogP contribution in [0.5, 0.6) is 0 Å². The van der Waals surface area contributed by atoms with Crippen LogP contribution in [0.15, 0.2) is 30.3 Å². The van der Waals surface area contributed by atoms with E-state index in [4.69, 9.17) is 0 Å². The van der Waals surface area contributed by atoms with Crippen LogP contribution in [-0.4, -0.2) is 11.4 Å². The minimum Gasteiger partial charge on any atom is -0.346 e. The lowest BCUT2D eigenvalue weighted by Gasteiger charge is -2.44. The molecule has 0 bridgehead atoms. The maximum atomic E-state index is 12.5. The van der Waals surface area contributed by atoms with E-state index in [0.717, 1.165) is 5.56 Å². The fourth-order valence-electron chi connectivity index (χ4n) is 3.33. The molecule has 1 saturated carbocycles. The van der Waals surface area contributed by atoms with Gasteiger partial charge in [0.1, 0.15) is 0 Å². The molecule has 2 rings (SSSR count). The zero-order chi connectivity index (χ0) is 14.6. The first-order chi connectivity index (χ1) is 9.54. The van der Waals surface area contributed by atoms with Gasteiger partial charge in [0.15, 0.2) is 0 Å². The van der Waals surface area contributed by atoms with Crippen molar-refractivity contribution in [2.24, 2.45) is 11.8 Å². The second-order valence-electron chi connectivity index (χ2n) is 6.59. The molecule has 2 heteroatoms. The lowest BCUT2D eigenvalue weighted by atomic mass is 9.70. The van der Waals surface area contributed by atoms with Crippen molar-refractivity contribution in [2.75, 3.05) is 0 Å². The summed E-state index contributed by atoms with van der Waals surface area (Å²) in [5, 5.41) is 3.34. The molecule has 1 aliphatic carbocycles. The first-order valence-electron chi connectivity index (χ1n) is 7.91. The van der Waals surface area contributed by atoms with Gasteiger partial charge in [0.2, 0.25) is 0 Å². The van der Waals surface area contributed by atoms with Crippen molar-refractivity contribution < 1.29 is 4.79 Å². The Balaban J connectivity index is 2.14. The number of hydrogen-bond donors (Lipinski definition) is 1. The number of amides is 1. The van der Waals surface area contributed by atoms with Crippen LogP contribution >= 0.6 is 0 Å². The smallest absolute Gasteiger partial charge is 0.251 e. The van der Waals surface area contributed by atoms with E-state index in [1.807, 2.05) is 30.3 Å². The number of nitrogens with one attached hydrogen (secondary N) is 1. The van der Waals surface area contributed by atoms with E-state index in [2.05, 4.69) is 26.1 Å². The molecular formula is C18H27NO. The summed E-state index contributed by atoms with van der Waals surface area (Å²) in [5.74, 6) is 1.11. The van der Waals surface area contributed by atoms with Gasteiger partial charge in [-0.25, -0.2) is 0 Å². The Bertz CT molecular complexity index is 434. The van der Waals surface area contributed by atoms with Crippen LogP contribution in [0.2, 0.25) is 0 Å². The second-order valence-corrected chi connectivity index (χ2v) is 6.59. The van der Waals surface area contributed by atoms with Gasteiger partial charge in [-0.05, 0) is 43.7 Å². The zero-order valence-electron chi connectivity index (χ0n) is 13.0. The normalized spacial score (nSPS) is 19.6. The Hall–Kier alpha value is -1.31. The lowest BCUT2D eigenvalue weighted by Crippen LogP contribution is -2.55. The van der Waals surface area contributed by atoms with E-state index >= 15 is 0 Å². The molecule has 0 radical (unpaired) electrons. The topological polar surface area (TPSA) is 29.1 Å². The summed E-state index contributed by atoms with van der Waals surface area (Å²) in [6.07, 6.45) is 6.42. The number of carbonyl (C=O) groups excluding carboxylic acids is 1. The second kappa shape index (κ2) is 6.43. The fourth-order valence-corrected chi connectivity index (χ4v) is 3.33. The van der Waals surface area contributed by atoms with Crippen LogP contribution in [0, 0.1) is 11.8 Å². The highest BCUT2D eigenvalue weighted by Gasteiger charge is 2.38. The third-order valence-corrected chi connectivity index (χ3v) is 5.07. The first-order valence-corrected chi connectivity index (χ1v) is 7.91. The average Bonchev–Trinajstić information content (AvgIpc) is 2.48. The largest absolute Gasteiger partial charge is 0.346 e. The standard InChI is InChI=1S/C18H27NO/c1-14(2)18(3,16-12-8-5-9-13-16)19-17(20)15-10-6-4-7-11-15/h4,6-7,10-11,14,16H,5,8-9,12-13H2,1-3H3,(H,19,20)/t18-/m1/s1. The Kier molecular flexibility index (Phi) is 4.85. The molecule has 20 heavy (non-hydrogen) atoms. The van der Waals surface area contributed by atoms with Gasteiger partial charge in [-0.15, -0.1) is 0 Å². The van der Waals surface area contributed by atoms with E-state index in [1.54, 1.807) is 0 Å². The number of benzene rings is 1. The van der Waals surface area contributed by atoms with Gasteiger partial charge < -0.3 is 5.32 Å². The van der Waals surface area contributed by atoms with Crippen molar-refractivity contribution in [2.45, 2.75) is 58.4 Å². The monoisotopic (exact) mass is 273 g/mol. The molecule has 1 atom stereocenters. The van der Waals surface area contributed by atoms with Crippen LogP contribution in [0.1, 0.15) is 63.2 Å². The number of rotatable bonds is 4. The highest BCUT2D eigenvalue weighted by molar-refractivity contribution is 5.94. The van der Waals surface area contributed by atoms with Crippen molar-refractivity contribution in [1.29, 1.82) is 0 Å². The number of carbonyl (C=O) groups is 1. The van der Waals surface area contributed by atoms with Gasteiger partial charge >= 0.3 is 0 Å². The summed E-state index contributed by atoms with van der Waals surface area (Å²) in [7, 11) is 0. The van der Waals surface area contributed by atoms with Crippen LogP contribution in [0.4, 0.5) is 0 Å². The molecule has 0 spiro atoms. The Morgan fingerprint density at radius 2 is 1.75 bits per heavy atom. The Morgan fingerprint density at radius 3 is 2.30 bits per heavy atom. The zero-order valence-corrected chi connectivity index (χ0v) is 13.0. The molecule has 0 aromatic heterocycles. The van der Waals surface area contributed by atoms with Crippen LogP contribution in [0.3, 0.4) is 0 Å². The SMILES string of the molecule is CC(C)[C@@](C)(NC(=O)c1ccccc1)C1CCCCC1. The summed E-state index contributed by atoms with van der Waals surface area (Å²) in [5.41, 5.74) is 0.656. The third-order valence-electron chi connectivity index (χ3n) is 5.07. The van der Waals surface area contributed by atoms with Crippen LogP contribution < -0.4 is 5.32 Å². The van der Waals surface area contributed by atoms with E-state index in [1.165, 1.54) is 32.1 Å². The summed E-state index contributed by atoms with van der Waals surface area (Å²) in [6.45, 7) is 6.67. The van der Waals surface area contributed by atoms with Crippen molar-refractivity contribution in [3.8, 4) is 0 Å². The molecular weight excluding hydrogens is 246 g/mol. The summed E-state index contributed by atoms with van der Waals surface area (Å²) in [6, 6.07) is 9.55.